The molecule has 4 atom stereocenters. The van der Waals surface area contributed by atoms with Gasteiger partial charge in [-0.15, -0.1) is 0 Å². The van der Waals surface area contributed by atoms with Crippen LogP contribution in [0.25, 0.3) is 11.1 Å². The van der Waals surface area contributed by atoms with Gasteiger partial charge in [-0.1, -0.05) is 0 Å². The molecule has 0 aromatic heterocycles. The number of allylic oxidation sites excluding steroid dienone is 2. The molecular formula is C29H26O3Se. The number of fused-ring (bicyclic) bond motifs is 2. The molecule has 4 unspecified atom stereocenters. The molecule has 0 heterocycles. The van der Waals surface area contributed by atoms with E-state index >= 15 is 0 Å². The van der Waals surface area contributed by atoms with Crippen molar-refractivity contribution in [2.45, 2.75) is 25.1 Å². The van der Waals surface area contributed by atoms with Gasteiger partial charge in [0.1, 0.15) is 0 Å². The third-order valence-corrected chi connectivity index (χ3v) is 11.6. The van der Waals surface area contributed by atoms with E-state index in [0.717, 1.165) is 26.7 Å². The van der Waals surface area contributed by atoms with Crippen LogP contribution in [-0.2, 0) is 9.59 Å². The predicted molar refractivity (Wildman–Crippen MR) is 132 cm³/mol. The van der Waals surface area contributed by atoms with Gasteiger partial charge in [0.15, 0.2) is 0 Å². The molecule has 33 heavy (non-hydrogen) atoms. The molecule has 166 valence electrons. The Kier molecular flexibility index (Phi) is 5.00. The number of hydrogen-bond acceptors (Lipinski definition) is 2. The van der Waals surface area contributed by atoms with Crippen LogP contribution in [0.15, 0.2) is 91.0 Å². The first kappa shape index (κ1) is 21.9. The number of benzene rings is 3. The van der Waals surface area contributed by atoms with Crippen molar-refractivity contribution in [2.75, 3.05) is 0 Å². The summed E-state index contributed by atoms with van der Waals surface area (Å²) in [5, 5.41) is 10.9. The SMILES string of the molecule is CC1C2(C)C(=O)C(C)(C(c3ccccc3)=C2c2ccccc2)C1([Se]c1ccccc1)C(=O)O. The number of ketones is 1. The molecule has 2 aliphatic carbocycles. The molecule has 4 heteroatoms. The molecule has 3 aromatic rings. The molecule has 0 saturated heterocycles. The van der Waals surface area contributed by atoms with E-state index in [2.05, 4.69) is 0 Å². The Balaban J connectivity index is 1.87. The van der Waals surface area contributed by atoms with Crippen molar-refractivity contribution >= 4 is 42.3 Å². The fourth-order valence-corrected chi connectivity index (χ4v) is 9.54. The van der Waals surface area contributed by atoms with Gasteiger partial charge in [-0.05, 0) is 0 Å². The zero-order valence-electron chi connectivity index (χ0n) is 18.9. The first-order valence-corrected chi connectivity index (χ1v) is 12.9. The van der Waals surface area contributed by atoms with Gasteiger partial charge >= 0.3 is 201 Å². The summed E-state index contributed by atoms with van der Waals surface area (Å²) < 4.78 is -0.200. The molecule has 2 aliphatic rings. The zero-order chi connectivity index (χ0) is 23.4. The number of carboxylic acid groups (broad SMARTS) is 1. The van der Waals surface area contributed by atoms with Crippen molar-refractivity contribution in [3.8, 4) is 0 Å². The van der Waals surface area contributed by atoms with Crippen molar-refractivity contribution in [1.29, 1.82) is 0 Å². The monoisotopic (exact) mass is 502 g/mol. The first-order valence-electron chi connectivity index (χ1n) is 11.2. The second-order valence-corrected chi connectivity index (χ2v) is 12.1. The Hall–Kier alpha value is -2.94. The van der Waals surface area contributed by atoms with Crippen LogP contribution in [0.2, 0.25) is 4.31 Å². The summed E-state index contributed by atoms with van der Waals surface area (Å²) in [4.78, 5) is 27.7. The fourth-order valence-electron chi connectivity index (χ4n) is 6.26. The molecule has 1 fully saturated rings. The number of carboxylic acids is 1. The Labute approximate surface area is 200 Å². The number of aliphatic carboxylic acids is 1. The molecule has 1 N–H and O–H groups in total. The molecule has 3 nitrogen and oxygen atoms in total. The van der Waals surface area contributed by atoms with E-state index in [-0.39, 0.29) is 11.7 Å². The van der Waals surface area contributed by atoms with Gasteiger partial charge in [0.05, 0.1) is 0 Å². The van der Waals surface area contributed by atoms with Crippen molar-refractivity contribution in [2.24, 2.45) is 16.7 Å². The van der Waals surface area contributed by atoms with E-state index in [1.807, 2.05) is 112 Å². The first-order chi connectivity index (χ1) is 15.8. The maximum absolute atomic E-state index is 14.4. The van der Waals surface area contributed by atoms with Gasteiger partial charge < -0.3 is 0 Å². The number of hydrogen-bond donors (Lipinski definition) is 1. The summed E-state index contributed by atoms with van der Waals surface area (Å²) in [6.07, 6.45) is 0. The van der Waals surface area contributed by atoms with E-state index in [9.17, 15) is 14.7 Å². The fraction of sp³-hybridized carbons (Fsp3) is 0.241. The van der Waals surface area contributed by atoms with Crippen LogP contribution in [0.1, 0.15) is 31.9 Å². The number of carbonyl (C=O) groups is 2. The third kappa shape index (κ3) is 2.68. The Bertz CT molecular complexity index is 1270. The van der Waals surface area contributed by atoms with Crippen molar-refractivity contribution in [1.82, 2.24) is 0 Å². The number of rotatable bonds is 5. The van der Waals surface area contributed by atoms with Gasteiger partial charge in [-0.3, -0.25) is 0 Å². The molecule has 0 aliphatic heterocycles. The minimum atomic E-state index is -1.20. The molecule has 3 aromatic carbocycles. The predicted octanol–water partition coefficient (Wildman–Crippen LogP) is 5.12. The summed E-state index contributed by atoms with van der Waals surface area (Å²) in [7, 11) is 0. The summed E-state index contributed by atoms with van der Waals surface area (Å²) >= 11 is -0.454. The van der Waals surface area contributed by atoms with Crippen molar-refractivity contribution in [3.63, 3.8) is 0 Å². The molecule has 1 saturated carbocycles. The molecule has 0 spiro atoms. The molecular weight excluding hydrogens is 475 g/mol. The number of carbonyl (C=O) groups excluding carboxylic acids is 1. The van der Waals surface area contributed by atoms with E-state index < -0.39 is 36.1 Å². The van der Waals surface area contributed by atoms with Gasteiger partial charge in [0, 0.05) is 0 Å². The Morgan fingerprint density at radius 1 is 0.788 bits per heavy atom. The average Bonchev–Trinajstić information content (AvgIpc) is 3.10. The van der Waals surface area contributed by atoms with Crippen LogP contribution < -0.4 is 4.46 Å². The molecule has 5 rings (SSSR count). The summed E-state index contributed by atoms with van der Waals surface area (Å²) in [6, 6.07) is 29.7. The zero-order valence-corrected chi connectivity index (χ0v) is 20.6. The average molecular weight is 501 g/mol. The van der Waals surface area contributed by atoms with Gasteiger partial charge in [-0.25, -0.2) is 0 Å². The minimum absolute atomic E-state index is 0.0282. The van der Waals surface area contributed by atoms with E-state index in [4.69, 9.17) is 0 Å². The second kappa shape index (κ2) is 7.55. The van der Waals surface area contributed by atoms with Crippen LogP contribution in [0, 0.1) is 16.7 Å². The van der Waals surface area contributed by atoms with E-state index in [1.54, 1.807) is 0 Å². The van der Waals surface area contributed by atoms with Gasteiger partial charge in [0.25, 0.3) is 0 Å². The quantitative estimate of drug-likeness (QED) is 0.494. The molecule has 0 amide bonds. The Morgan fingerprint density at radius 3 is 1.73 bits per heavy atom. The van der Waals surface area contributed by atoms with Crippen LogP contribution in [-0.4, -0.2) is 31.8 Å². The van der Waals surface area contributed by atoms with Crippen molar-refractivity contribution < 1.29 is 14.7 Å². The van der Waals surface area contributed by atoms with E-state index in [0.29, 0.717) is 0 Å². The van der Waals surface area contributed by atoms with Gasteiger partial charge in [-0.2, -0.15) is 0 Å². The van der Waals surface area contributed by atoms with Crippen molar-refractivity contribution in [3.05, 3.63) is 102 Å². The molecule has 0 radical (unpaired) electrons. The summed E-state index contributed by atoms with van der Waals surface area (Å²) in [5.74, 6) is -1.21. The normalized spacial score (nSPS) is 30.6. The second-order valence-electron chi connectivity index (χ2n) is 9.32. The van der Waals surface area contributed by atoms with Crippen LogP contribution >= 0.6 is 0 Å². The van der Waals surface area contributed by atoms with Gasteiger partial charge in [0.2, 0.25) is 0 Å². The van der Waals surface area contributed by atoms with Crippen LogP contribution in [0.3, 0.4) is 0 Å². The molecule has 2 bridgehead atoms. The standard InChI is InChI=1S/C29H26O3Se/c1-19-27(2)23(20-13-7-4-8-14-20)24(21-15-9-5-10-16-21)28(3,25(27)30)29(19,26(31)32)33-22-17-11-6-12-18-22/h4-19H,1-3H3,(H,31,32). The van der Waals surface area contributed by atoms with E-state index in [1.165, 1.54) is 0 Å². The third-order valence-electron chi connectivity index (χ3n) is 7.88. The summed E-state index contributed by atoms with van der Waals surface area (Å²) in [6.45, 7) is 5.85. The topological polar surface area (TPSA) is 54.4 Å². The Morgan fingerprint density at radius 2 is 1.24 bits per heavy atom. The summed E-state index contributed by atoms with van der Waals surface area (Å²) in [5.41, 5.74) is 1.74. The van der Waals surface area contributed by atoms with Crippen LogP contribution in [0.4, 0.5) is 0 Å². The maximum atomic E-state index is 14.4. The number of Topliss-reactive ketones (excluding diaryl/α,β-unsaturated/α-hetero) is 1. The van der Waals surface area contributed by atoms with Crippen LogP contribution in [0.5, 0.6) is 0 Å².